The van der Waals surface area contributed by atoms with Gasteiger partial charge in [0.25, 0.3) is 5.91 Å². The second-order valence-corrected chi connectivity index (χ2v) is 6.28. The molecule has 0 saturated heterocycles. The number of H-pyrrole nitrogens is 1. The second kappa shape index (κ2) is 7.35. The number of benzene rings is 3. The number of fused-ring (bicyclic) bond motifs is 1. The molecule has 0 spiro atoms. The summed E-state index contributed by atoms with van der Waals surface area (Å²) in [6.07, 6.45) is 1.35. The summed E-state index contributed by atoms with van der Waals surface area (Å²) in [4.78, 5) is 19.9. The van der Waals surface area contributed by atoms with E-state index in [9.17, 15) is 20.1 Å². The second-order valence-electron chi connectivity index (χ2n) is 6.28. The van der Waals surface area contributed by atoms with Gasteiger partial charge in [-0.05, 0) is 54.1 Å². The van der Waals surface area contributed by atoms with Crippen molar-refractivity contribution in [1.29, 1.82) is 0 Å². The molecule has 4 aromatic rings. The van der Waals surface area contributed by atoms with E-state index in [4.69, 9.17) is 0 Å². The normalized spacial score (nSPS) is 11.2. The largest absolute Gasteiger partial charge is 0.507 e. The third-order valence-electron chi connectivity index (χ3n) is 4.28. The van der Waals surface area contributed by atoms with E-state index >= 15 is 0 Å². The summed E-state index contributed by atoms with van der Waals surface area (Å²) in [6.45, 7) is 0. The van der Waals surface area contributed by atoms with Crippen LogP contribution in [-0.2, 0) is 0 Å². The third kappa shape index (κ3) is 3.72. The van der Waals surface area contributed by atoms with Crippen molar-refractivity contribution in [1.82, 2.24) is 15.4 Å². The number of hydrogen-bond donors (Lipinski definition) is 5. The van der Waals surface area contributed by atoms with E-state index in [0.29, 0.717) is 33.5 Å². The molecule has 5 N–H and O–H groups in total. The number of aromatic nitrogens is 2. The summed E-state index contributed by atoms with van der Waals surface area (Å²) >= 11 is 0. The lowest BCUT2D eigenvalue weighted by atomic mass is 10.2. The standard InChI is InChI=1S/C21H16N4O4/c26-17-4-2-1-3-14(17)20-23-15-7-6-13(10-16(15)24-20)21(29)25-22-11-12-5-8-18(27)19(28)9-12/h1-11,26-28H,(H,23,24)(H,25,29)/b22-11+. The maximum absolute atomic E-state index is 12.3. The number of amides is 1. The monoisotopic (exact) mass is 388 g/mol. The highest BCUT2D eigenvalue weighted by Gasteiger charge is 2.11. The lowest BCUT2D eigenvalue weighted by Crippen LogP contribution is -2.17. The summed E-state index contributed by atoms with van der Waals surface area (Å²) in [6, 6.07) is 16.0. The number of hydrazone groups is 1. The number of phenols is 3. The summed E-state index contributed by atoms with van der Waals surface area (Å²) in [5, 5.41) is 32.6. The molecule has 8 heteroatoms. The van der Waals surface area contributed by atoms with Gasteiger partial charge in [-0.3, -0.25) is 4.79 Å². The zero-order valence-electron chi connectivity index (χ0n) is 15.0. The first-order valence-electron chi connectivity index (χ1n) is 8.65. The van der Waals surface area contributed by atoms with Gasteiger partial charge in [-0.15, -0.1) is 0 Å². The Morgan fingerprint density at radius 2 is 1.79 bits per heavy atom. The van der Waals surface area contributed by atoms with Crippen molar-refractivity contribution in [3.05, 3.63) is 71.8 Å². The van der Waals surface area contributed by atoms with E-state index in [1.807, 2.05) is 0 Å². The zero-order chi connectivity index (χ0) is 20.4. The number of carbonyl (C=O) groups excluding carboxylic acids is 1. The molecule has 1 amide bonds. The molecular formula is C21H16N4O4. The molecule has 0 aliphatic carbocycles. The predicted molar refractivity (Wildman–Crippen MR) is 108 cm³/mol. The first-order chi connectivity index (χ1) is 14.0. The SMILES string of the molecule is O=C(N/N=C/c1ccc(O)c(O)c1)c1ccc2nc(-c3ccccc3O)[nH]c2c1. The van der Waals surface area contributed by atoms with Gasteiger partial charge in [-0.1, -0.05) is 12.1 Å². The van der Waals surface area contributed by atoms with Crippen LogP contribution in [0.1, 0.15) is 15.9 Å². The van der Waals surface area contributed by atoms with Crippen LogP contribution in [0.5, 0.6) is 17.2 Å². The number of phenolic OH excluding ortho intramolecular Hbond substituents is 3. The summed E-state index contributed by atoms with van der Waals surface area (Å²) in [5.74, 6) is -0.322. The van der Waals surface area contributed by atoms with E-state index in [2.05, 4.69) is 20.5 Å². The molecule has 0 atom stereocenters. The molecule has 0 aliphatic heterocycles. The number of hydrogen-bond acceptors (Lipinski definition) is 6. The first-order valence-corrected chi connectivity index (χ1v) is 8.65. The third-order valence-corrected chi connectivity index (χ3v) is 4.28. The van der Waals surface area contributed by atoms with Crippen LogP contribution in [0.4, 0.5) is 0 Å². The Hall–Kier alpha value is -4.33. The number of aromatic hydroxyl groups is 3. The molecule has 0 bridgehead atoms. The quantitative estimate of drug-likeness (QED) is 0.208. The van der Waals surface area contributed by atoms with Crippen LogP contribution in [0.2, 0.25) is 0 Å². The minimum Gasteiger partial charge on any atom is -0.507 e. The molecule has 8 nitrogen and oxygen atoms in total. The fourth-order valence-electron chi connectivity index (χ4n) is 2.80. The van der Waals surface area contributed by atoms with E-state index in [0.717, 1.165) is 0 Å². The smallest absolute Gasteiger partial charge is 0.271 e. The van der Waals surface area contributed by atoms with Gasteiger partial charge in [0.15, 0.2) is 11.5 Å². The number of imidazole rings is 1. The maximum Gasteiger partial charge on any atom is 0.271 e. The first kappa shape index (κ1) is 18.1. The Morgan fingerprint density at radius 1 is 0.966 bits per heavy atom. The number of nitrogens with zero attached hydrogens (tertiary/aromatic N) is 2. The molecule has 0 unspecified atom stereocenters. The highest BCUT2D eigenvalue weighted by atomic mass is 16.3. The number of carbonyl (C=O) groups is 1. The molecule has 3 aromatic carbocycles. The maximum atomic E-state index is 12.3. The molecule has 0 fully saturated rings. The molecule has 0 saturated carbocycles. The van der Waals surface area contributed by atoms with E-state index in [-0.39, 0.29) is 17.2 Å². The number of aromatic amines is 1. The van der Waals surface area contributed by atoms with Crippen LogP contribution in [0, 0.1) is 0 Å². The average Bonchev–Trinajstić information content (AvgIpc) is 3.14. The van der Waals surface area contributed by atoms with Gasteiger partial charge in [-0.2, -0.15) is 5.10 Å². The Kier molecular flexibility index (Phi) is 4.58. The molecule has 0 aliphatic rings. The van der Waals surface area contributed by atoms with Gasteiger partial charge in [0.1, 0.15) is 11.6 Å². The van der Waals surface area contributed by atoms with Crippen LogP contribution in [-0.4, -0.2) is 37.4 Å². The van der Waals surface area contributed by atoms with E-state index in [1.165, 1.54) is 18.3 Å². The predicted octanol–water partition coefficient (Wildman–Crippen LogP) is 3.11. The Bertz CT molecular complexity index is 1250. The van der Waals surface area contributed by atoms with Crippen molar-refractivity contribution in [2.75, 3.05) is 0 Å². The average molecular weight is 388 g/mol. The van der Waals surface area contributed by atoms with Gasteiger partial charge in [0.2, 0.25) is 0 Å². The number of nitrogens with one attached hydrogen (secondary N) is 2. The fourth-order valence-corrected chi connectivity index (χ4v) is 2.80. The van der Waals surface area contributed by atoms with Crippen molar-refractivity contribution in [3.8, 4) is 28.6 Å². The molecule has 144 valence electrons. The topological polar surface area (TPSA) is 131 Å². The Labute approximate surface area is 164 Å². The molecular weight excluding hydrogens is 372 g/mol. The van der Waals surface area contributed by atoms with Gasteiger partial charge in [0, 0.05) is 5.56 Å². The zero-order valence-corrected chi connectivity index (χ0v) is 15.0. The van der Waals surface area contributed by atoms with Crippen LogP contribution >= 0.6 is 0 Å². The Morgan fingerprint density at radius 3 is 2.59 bits per heavy atom. The van der Waals surface area contributed by atoms with Gasteiger partial charge >= 0.3 is 0 Å². The van der Waals surface area contributed by atoms with Crippen molar-refractivity contribution in [3.63, 3.8) is 0 Å². The molecule has 1 heterocycles. The van der Waals surface area contributed by atoms with Crippen molar-refractivity contribution >= 4 is 23.2 Å². The lowest BCUT2D eigenvalue weighted by Gasteiger charge is -2.01. The van der Waals surface area contributed by atoms with Gasteiger partial charge in [0.05, 0.1) is 22.8 Å². The van der Waals surface area contributed by atoms with E-state index in [1.54, 1.807) is 48.5 Å². The highest BCUT2D eigenvalue weighted by Crippen LogP contribution is 2.28. The fraction of sp³-hybridized carbons (Fsp3) is 0. The lowest BCUT2D eigenvalue weighted by molar-refractivity contribution is 0.0955. The van der Waals surface area contributed by atoms with Crippen molar-refractivity contribution in [2.24, 2.45) is 5.10 Å². The van der Waals surface area contributed by atoms with Crippen LogP contribution in [0.3, 0.4) is 0 Å². The van der Waals surface area contributed by atoms with Crippen LogP contribution in [0.25, 0.3) is 22.4 Å². The van der Waals surface area contributed by atoms with Crippen LogP contribution in [0.15, 0.2) is 65.8 Å². The summed E-state index contributed by atoms with van der Waals surface area (Å²) in [7, 11) is 0. The summed E-state index contributed by atoms with van der Waals surface area (Å²) < 4.78 is 0. The molecule has 4 rings (SSSR count). The number of para-hydroxylation sites is 1. The van der Waals surface area contributed by atoms with Crippen molar-refractivity contribution in [2.45, 2.75) is 0 Å². The minimum atomic E-state index is -0.426. The minimum absolute atomic E-state index is 0.110. The van der Waals surface area contributed by atoms with E-state index < -0.39 is 5.91 Å². The Balaban J connectivity index is 1.53. The molecule has 1 aromatic heterocycles. The van der Waals surface area contributed by atoms with Crippen LogP contribution < -0.4 is 5.43 Å². The summed E-state index contributed by atoms with van der Waals surface area (Å²) in [5.41, 5.74) is 5.15. The molecule has 29 heavy (non-hydrogen) atoms. The van der Waals surface area contributed by atoms with Crippen molar-refractivity contribution < 1.29 is 20.1 Å². The van der Waals surface area contributed by atoms with Gasteiger partial charge < -0.3 is 20.3 Å². The van der Waals surface area contributed by atoms with Gasteiger partial charge in [-0.25, -0.2) is 10.4 Å². The number of rotatable bonds is 4. The highest BCUT2D eigenvalue weighted by molar-refractivity contribution is 5.98. The molecule has 0 radical (unpaired) electrons.